The van der Waals surface area contributed by atoms with Crippen molar-refractivity contribution in [1.29, 1.82) is 0 Å². The van der Waals surface area contributed by atoms with Gasteiger partial charge in [-0.2, -0.15) is 0 Å². The molecular weight excluding hydrogens is 104 g/mol. The fourth-order valence-corrected chi connectivity index (χ4v) is 0.927. The Morgan fingerprint density at radius 3 is 2.75 bits per heavy atom. The van der Waals surface area contributed by atoms with Gasteiger partial charge in [0.2, 0.25) is 0 Å². The van der Waals surface area contributed by atoms with Crippen molar-refractivity contribution in [3.05, 3.63) is 0 Å². The van der Waals surface area contributed by atoms with Crippen LogP contribution in [0.1, 0.15) is 19.3 Å². The lowest BCUT2D eigenvalue weighted by molar-refractivity contribution is -0.230. The average molecular weight is 117 g/mol. The normalized spacial score (nSPS) is 30.4. The lowest BCUT2D eigenvalue weighted by Crippen LogP contribution is -2.23. The highest BCUT2D eigenvalue weighted by Gasteiger charge is 2.15. The number of ether oxygens (including phenoxy) is 2. The van der Waals surface area contributed by atoms with Crippen molar-refractivity contribution in [2.45, 2.75) is 25.6 Å². The molecule has 1 saturated heterocycles. The zero-order chi connectivity index (χ0) is 5.82. The first-order chi connectivity index (χ1) is 3.93. The van der Waals surface area contributed by atoms with Gasteiger partial charge in [-0.15, -0.1) is 0 Å². The second kappa shape index (κ2) is 3.05. The number of aliphatic hydroxyl groups is 2. The maximum Gasteiger partial charge on any atom is 0.264 e. The van der Waals surface area contributed by atoms with Gasteiger partial charge in [0, 0.05) is 6.42 Å². The zero-order valence-corrected chi connectivity index (χ0v) is 5.26. The third-order valence-electron chi connectivity index (χ3n) is 1.44. The summed E-state index contributed by atoms with van der Waals surface area (Å²) in [6.45, 7) is 0.905. The van der Waals surface area contributed by atoms with E-state index in [0.717, 1.165) is 13.0 Å². The molecule has 8 heavy (non-hydrogen) atoms. The lowest BCUT2D eigenvalue weighted by atomic mass is 10.2. The monoisotopic (exact) mass is 117 g/mol. The number of rotatable bonds is 1. The molecule has 0 amide bonds. The van der Waals surface area contributed by atoms with E-state index in [0.29, 0.717) is 0 Å². The van der Waals surface area contributed by atoms with Gasteiger partial charge in [-0.3, -0.25) is 0 Å². The highest BCUT2D eigenvalue weighted by Crippen LogP contribution is 2.10. The fraction of sp³-hybridized carbons (Fsp3) is 1.00. The molecule has 1 N–H and O–H groups in total. The standard InChI is InChI=1S/C6H12O2/c1-7-6-4-2-3-5-8-6/h6H,2-5H2,1H3/p+1. The van der Waals surface area contributed by atoms with Crippen LogP contribution in [0.4, 0.5) is 0 Å². The van der Waals surface area contributed by atoms with Crippen LogP contribution in [0, 0.1) is 0 Å². The molecule has 0 bridgehead atoms. The van der Waals surface area contributed by atoms with Crippen LogP contribution >= 0.6 is 0 Å². The molecule has 0 aliphatic carbocycles. The van der Waals surface area contributed by atoms with Crippen LogP contribution in [0.2, 0.25) is 0 Å². The van der Waals surface area contributed by atoms with E-state index >= 15 is 0 Å². The molecule has 2 heteroatoms. The van der Waals surface area contributed by atoms with Crippen molar-refractivity contribution < 1.29 is 9.47 Å². The predicted molar refractivity (Wildman–Crippen MR) is 31.7 cm³/mol. The van der Waals surface area contributed by atoms with E-state index in [4.69, 9.17) is 4.74 Å². The second-order valence-corrected chi connectivity index (χ2v) is 2.08. The van der Waals surface area contributed by atoms with Crippen molar-refractivity contribution in [2.75, 3.05) is 13.7 Å². The summed E-state index contributed by atoms with van der Waals surface area (Å²) < 4.78 is 9.29. The van der Waals surface area contributed by atoms with E-state index in [1.165, 1.54) is 12.8 Å². The van der Waals surface area contributed by atoms with E-state index in [1.807, 2.05) is 7.11 Å². The van der Waals surface area contributed by atoms with E-state index in [9.17, 15) is 0 Å². The SMILES string of the molecule is C[OH+]C1CCCCO1. The minimum atomic E-state index is 0.212. The predicted octanol–water partition coefficient (Wildman–Crippen LogP) is 0.671. The van der Waals surface area contributed by atoms with Crippen molar-refractivity contribution in [2.24, 2.45) is 0 Å². The van der Waals surface area contributed by atoms with Crippen LogP contribution in [-0.2, 0) is 4.74 Å². The maximum atomic E-state index is 5.26. The Bertz CT molecular complexity index is 57.5. The van der Waals surface area contributed by atoms with Crippen LogP contribution in [0.5, 0.6) is 0 Å². The largest absolute Gasteiger partial charge is 0.412 e. The van der Waals surface area contributed by atoms with Gasteiger partial charge in [0.1, 0.15) is 7.11 Å². The Morgan fingerprint density at radius 2 is 2.38 bits per heavy atom. The summed E-state index contributed by atoms with van der Waals surface area (Å²) in [5.74, 6) is 0. The number of hydrogen-bond acceptors (Lipinski definition) is 1. The molecule has 1 aliphatic heterocycles. The molecule has 1 aliphatic rings. The first-order valence-corrected chi connectivity index (χ1v) is 3.14. The third-order valence-corrected chi connectivity index (χ3v) is 1.44. The third kappa shape index (κ3) is 1.46. The average Bonchev–Trinajstić information content (AvgIpc) is 1.90. The van der Waals surface area contributed by atoms with Crippen molar-refractivity contribution in [3.63, 3.8) is 0 Å². The first kappa shape index (κ1) is 6.05. The van der Waals surface area contributed by atoms with Crippen LogP contribution in [-0.4, -0.2) is 24.7 Å². The fourth-order valence-electron chi connectivity index (χ4n) is 0.927. The van der Waals surface area contributed by atoms with E-state index < -0.39 is 0 Å². The summed E-state index contributed by atoms with van der Waals surface area (Å²) in [5, 5.41) is 0. The zero-order valence-electron chi connectivity index (χ0n) is 5.26. The molecule has 1 atom stereocenters. The van der Waals surface area contributed by atoms with E-state index in [1.54, 1.807) is 0 Å². The minimum absolute atomic E-state index is 0.212. The minimum Gasteiger partial charge on any atom is -0.412 e. The highest BCUT2D eigenvalue weighted by atomic mass is 16.7. The lowest BCUT2D eigenvalue weighted by Gasteiger charge is -2.16. The molecule has 1 fully saturated rings. The van der Waals surface area contributed by atoms with Gasteiger partial charge >= 0.3 is 0 Å². The molecule has 2 nitrogen and oxygen atoms in total. The van der Waals surface area contributed by atoms with Gasteiger partial charge in [-0.25, -0.2) is 0 Å². The molecule has 0 aromatic carbocycles. The van der Waals surface area contributed by atoms with Crippen LogP contribution in [0.25, 0.3) is 0 Å². The van der Waals surface area contributed by atoms with Gasteiger partial charge in [-0.1, -0.05) is 0 Å². The van der Waals surface area contributed by atoms with Gasteiger partial charge in [0.25, 0.3) is 6.29 Å². The summed E-state index contributed by atoms with van der Waals surface area (Å²) >= 11 is 0. The Balaban J connectivity index is 2.13. The van der Waals surface area contributed by atoms with E-state index in [-0.39, 0.29) is 6.29 Å². The molecule has 1 unspecified atom stereocenters. The summed E-state index contributed by atoms with van der Waals surface area (Å²) in [7, 11) is 1.82. The van der Waals surface area contributed by atoms with Crippen LogP contribution in [0.3, 0.4) is 0 Å². The van der Waals surface area contributed by atoms with Gasteiger partial charge < -0.3 is 9.47 Å². The topological polar surface area (TPSA) is 22.0 Å². The van der Waals surface area contributed by atoms with Gasteiger partial charge in [-0.05, 0) is 12.8 Å². The molecule has 0 saturated carbocycles. The Morgan fingerprint density at radius 1 is 1.50 bits per heavy atom. The first-order valence-electron chi connectivity index (χ1n) is 3.14. The van der Waals surface area contributed by atoms with Gasteiger partial charge in [0.15, 0.2) is 0 Å². The molecule has 1 heterocycles. The second-order valence-electron chi connectivity index (χ2n) is 2.08. The van der Waals surface area contributed by atoms with Crippen molar-refractivity contribution in [3.8, 4) is 0 Å². The molecule has 0 aromatic rings. The van der Waals surface area contributed by atoms with Gasteiger partial charge in [0.05, 0.1) is 6.61 Å². The molecule has 1 rings (SSSR count). The highest BCUT2D eigenvalue weighted by molar-refractivity contribution is 4.51. The molecule has 0 radical (unpaired) electrons. The summed E-state index contributed by atoms with van der Waals surface area (Å²) in [5.41, 5.74) is 0. The number of hydrogen-bond donors (Lipinski definition) is 0. The maximum absolute atomic E-state index is 5.26. The van der Waals surface area contributed by atoms with E-state index in [2.05, 4.69) is 4.74 Å². The Kier molecular flexibility index (Phi) is 2.30. The molecule has 0 aromatic heterocycles. The Hall–Kier alpha value is -0.0800. The van der Waals surface area contributed by atoms with Crippen LogP contribution < -0.4 is 0 Å². The summed E-state index contributed by atoms with van der Waals surface area (Å²) in [4.78, 5) is 0. The molecule has 0 spiro atoms. The smallest absolute Gasteiger partial charge is 0.264 e. The van der Waals surface area contributed by atoms with Crippen LogP contribution in [0.15, 0.2) is 0 Å². The summed E-state index contributed by atoms with van der Waals surface area (Å²) in [6, 6.07) is 0. The van der Waals surface area contributed by atoms with Crippen molar-refractivity contribution >= 4 is 0 Å². The summed E-state index contributed by atoms with van der Waals surface area (Å²) in [6.07, 6.45) is 3.83. The van der Waals surface area contributed by atoms with Crippen molar-refractivity contribution in [1.82, 2.24) is 0 Å². The molecule has 48 valence electrons. The quantitative estimate of drug-likeness (QED) is 0.463. The Labute approximate surface area is 49.8 Å². The molecular formula is C6H13O2+.